The molecular formula is C24H29FN6O. The van der Waals surface area contributed by atoms with Crippen LogP contribution in [0, 0.1) is 5.82 Å². The summed E-state index contributed by atoms with van der Waals surface area (Å²) in [6.07, 6.45) is 3.41. The van der Waals surface area contributed by atoms with Gasteiger partial charge in [0.15, 0.2) is 0 Å². The average Bonchev–Trinajstić information content (AvgIpc) is 2.79. The van der Waals surface area contributed by atoms with Gasteiger partial charge in [0, 0.05) is 71.3 Å². The second-order valence-corrected chi connectivity index (χ2v) is 8.35. The number of morpholine rings is 1. The van der Waals surface area contributed by atoms with Crippen molar-refractivity contribution in [2.24, 2.45) is 0 Å². The van der Waals surface area contributed by atoms with Gasteiger partial charge in [-0.25, -0.2) is 19.3 Å². The first-order valence-corrected chi connectivity index (χ1v) is 10.7. The summed E-state index contributed by atoms with van der Waals surface area (Å²) in [4.78, 5) is 20.1. The van der Waals surface area contributed by atoms with Gasteiger partial charge < -0.3 is 14.5 Å². The van der Waals surface area contributed by atoms with Crippen LogP contribution in [0.15, 0.2) is 48.8 Å². The molecule has 168 valence electrons. The Bertz CT molecular complexity index is 1060. The molecule has 32 heavy (non-hydrogen) atoms. The van der Waals surface area contributed by atoms with Gasteiger partial charge in [-0.15, -0.1) is 0 Å². The lowest BCUT2D eigenvalue weighted by molar-refractivity contribution is -0.0346. The van der Waals surface area contributed by atoms with Crippen LogP contribution >= 0.6 is 0 Å². The van der Waals surface area contributed by atoms with E-state index in [9.17, 15) is 4.39 Å². The monoisotopic (exact) mass is 436 g/mol. The first-order valence-electron chi connectivity index (χ1n) is 10.7. The Labute approximate surface area is 188 Å². The molecule has 0 aliphatic carbocycles. The van der Waals surface area contributed by atoms with Gasteiger partial charge >= 0.3 is 0 Å². The van der Waals surface area contributed by atoms with Crippen LogP contribution in [0.2, 0.25) is 0 Å². The Morgan fingerprint density at radius 2 is 1.84 bits per heavy atom. The van der Waals surface area contributed by atoms with E-state index in [0.29, 0.717) is 19.1 Å². The molecule has 0 N–H and O–H groups in total. The van der Waals surface area contributed by atoms with Crippen LogP contribution < -0.4 is 9.80 Å². The molecule has 1 saturated heterocycles. The van der Waals surface area contributed by atoms with Gasteiger partial charge in [-0.1, -0.05) is 18.2 Å². The van der Waals surface area contributed by atoms with E-state index < -0.39 is 0 Å². The number of hydrogen-bond donors (Lipinski definition) is 0. The van der Waals surface area contributed by atoms with Crippen molar-refractivity contribution in [1.29, 1.82) is 0 Å². The Morgan fingerprint density at radius 3 is 2.56 bits per heavy atom. The lowest BCUT2D eigenvalue weighted by Gasteiger charge is -2.34. The van der Waals surface area contributed by atoms with Crippen molar-refractivity contribution >= 4 is 11.8 Å². The quantitative estimate of drug-likeness (QED) is 0.587. The smallest absolute Gasteiger partial charge is 0.225 e. The summed E-state index contributed by atoms with van der Waals surface area (Å²) in [6, 6.07) is 10.5. The Balaban J connectivity index is 1.64. The number of nitrogens with zero attached hydrogens (tertiary/aromatic N) is 6. The van der Waals surface area contributed by atoms with E-state index in [0.717, 1.165) is 35.7 Å². The molecule has 3 heterocycles. The van der Waals surface area contributed by atoms with E-state index in [-0.39, 0.29) is 11.9 Å². The predicted molar refractivity (Wildman–Crippen MR) is 124 cm³/mol. The van der Waals surface area contributed by atoms with Crippen LogP contribution in [-0.4, -0.2) is 67.7 Å². The lowest BCUT2D eigenvalue weighted by Crippen LogP contribution is -2.38. The summed E-state index contributed by atoms with van der Waals surface area (Å²) in [5, 5.41) is 0. The summed E-state index contributed by atoms with van der Waals surface area (Å²) in [5.74, 6) is 1.32. The zero-order valence-corrected chi connectivity index (χ0v) is 19.0. The number of pyridine rings is 1. The summed E-state index contributed by atoms with van der Waals surface area (Å²) in [7, 11) is 7.84. The van der Waals surface area contributed by atoms with Crippen molar-refractivity contribution in [3.05, 3.63) is 65.9 Å². The number of aromatic nitrogens is 3. The fourth-order valence-corrected chi connectivity index (χ4v) is 3.91. The van der Waals surface area contributed by atoms with Crippen LogP contribution in [0.25, 0.3) is 11.1 Å². The van der Waals surface area contributed by atoms with Crippen molar-refractivity contribution < 1.29 is 9.13 Å². The van der Waals surface area contributed by atoms with Crippen LogP contribution in [-0.2, 0) is 11.3 Å². The second-order valence-electron chi connectivity index (χ2n) is 8.35. The standard InChI is InChI=1S/C24H29FN6O/c1-29(2)23-18(6-5-11-26-23)15-31-12-13-32-21(16-31)22-20(14-27-24(28-22)30(3)4)17-7-9-19(25)10-8-17/h5-11,14,21H,12-13,15-16H2,1-4H3. The first kappa shape index (κ1) is 22.1. The SMILES string of the molecule is CN(C)c1ncc(-c2ccc(F)cc2)c(C2CN(Cc3cccnc3N(C)C)CCO2)n1. The molecule has 1 aromatic carbocycles. The van der Waals surface area contributed by atoms with E-state index in [1.165, 1.54) is 17.7 Å². The van der Waals surface area contributed by atoms with Crippen molar-refractivity contribution in [3.8, 4) is 11.1 Å². The molecule has 1 atom stereocenters. The highest BCUT2D eigenvalue weighted by Crippen LogP contribution is 2.32. The first-order chi connectivity index (χ1) is 15.4. The van der Waals surface area contributed by atoms with Gasteiger partial charge in [0.2, 0.25) is 5.95 Å². The zero-order chi connectivity index (χ0) is 22.7. The number of anilines is 2. The van der Waals surface area contributed by atoms with Crippen molar-refractivity contribution in [2.75, 3.05) is 57.7 Å². The average molecular weight is 437 g/mol. The Morgan fingerprint density at radius 1 is 1.06 bits per heavy atom. The normalized spacial score (nSPS) is 16.7. The Kier molecular flexibility index (Phi) is 6.62. The number of benzene rings is 1. The van der Waals surface area contributed by atoms with E-state index >= 15 is 0 Å². The number of halogens is 1. The molecule has 0 radical (unpaired) electrons. The van der Waals surface area contributed by atoms with Crippen LogP contribution in [0.1, 0.15) is 17.4 Å². The molecule has 0 spiro atoms. The molecule has 1 unspecified atom stereocenters. The molecule has 7 nitrogen and oxygen atoms in total. The van der Waals surface area contributed by atoms with E-state index in [1.54, 1.807) is 18.3 Å². The highest BCUT2D eigenvalue weighted by atomic mass is 19.1. The maximum atomic E-state index is 13.5. The van der Waals surface area contributed by atoms with Crippen molar-refractivity contribution in [3.63, 3.8) is 0 Å². The molecular weight excluding hydrogens is 407 g/mol. The maximum Gasteiger partial charge on any atom is 0.225 e. The number of rotatable bonds is 6. The molecule has 4 rings (SSSR count). The van der Waals surface area contributed by atoms with Gasteiger partial charge in [0.25, 0.3) is 0 Å². The highest BCUT2D eigenvalue weighted by molar-refractivity contribution is 5.66. The third-order valence-corrected chi connectivity index (χ3v) is 5.50. The van der Waals surface area contributed by atoms with Crippen molar-refractivity contribution in [2.45, 2.75) is 12.6 Å². The van der Waals surface area contributed by atoms with Gasteiger partial charge in [0.05, 0.1) is 12.3 Å². The lowest BCUT2D eigenvalue weighted by atomic mass is 10.0. The van der Waals surface area contributed by atoms with Gasteiger partial charge in [-0.3, -0.25) is 4.90 Å². The number of hydrogen-bond acceptors (Lipinski definition) is 7. The van der Waals surface area contributed by atoms with Gasteiger partial charge in [0.1, 0.15) is 17.7 Å². The molecule has 0 amide bonds. The summed E-state index contributed by atoms with van der Waals surface area (Å²) < 4.78 is 19.7. The van der Waals surface area contributed by atoms with Crippen LogP contribution in [0.3, 0.4) is 0 Å². The largest absolute Gasteiger partial charge is 0.369 e. The third-order valence-electron chi connectivity index (χ3n) is 5.50. The molecule has 2 aromatic heterocycles. The zero-order valence-electron chi connectivity index (χ0n) is 19.0. The summed E-state index contributed by atoms with van der Waals surface area (Å²) >= 11 is 0. The minimum absolute atomic E-state index is 0.218. The summed E-state index contributed by atoms with van der Waals surface area (Å²) in [5.41, 5.74) is 3.72. The predicted octanol–water partition coefficient (Wildman–Crippen LogP) is 3.38. The van der Waals surface area contributed by atoms with Crippen LogP contribution in [0.4, 0.5) is 16.2 Å². The molecule has 1 aliphatic rings. The van der Waals surface area contributed by atoms with Gasteiger partial charge in [-0.05, 0) is 23.8 Å². The molecule has 0 saturated carbocycles. The van der Waals surface area contributed by atoms with Crippen molar-refractivity contribution in [1.82, 2.24) is 19.9 Å². The third kappa shape index (κ3) is 4.87. The highest BCUT2D eigenvalue weighted by Gasteiger charge is 2.27. The minimum atomic E-state index is -0.269. The minimum Gasteiger partial charge on any atom is -0.369 e. The van der Waals surface area contributed by atoms with Crippen LogP contribution in [0.5, 0.6) is 0 Å². The van der Waals surface area contributed by atoms with Gasteiger partial charge in [-0.2, -0.15) is 0 Å². The van der Waals surface area contributed by atoms with E-state index in [4.69, 9.17) is 9.72 Å². The molecule has 1 fully saturated rings. The maximum absolute atomic E-state index is 13.5. The number of ether oxygens (including phenoxy) is 1. The van der Waals surface area contributed by atoms with E-state index in [2.05, 4.69) is 20.9 Å². The fraction of sp³-hybridized carbons (Fsp3) is 0.375. The second kappa shape index (κ2) is 9.58. The fourth-order valence-electron chi connectivity index (χ4n) is 3.91. The molecule has 8 heteroatoms. The van der Waals surface area contributed by atoms with E-state index in [1.807, 2.05) is 50.3 Å². The summed E-state index contributed by atoms with van der Waals surface area (Å²) in [6.45, 7) is 2.90. The molecule has 3 aromatic rings. The molecule has 1 aliphatic heterocycles. The Hall–Kier alpha value is -3.10. The topological polar surface area (TPSA) is 57.6 Å². The molecule has 0 bridgehead atoms.